The molecule has 0 N–H and O–H groups in total. The molecule has 0 spiro atoms. The first kappa shape index (κ1) is 10.7. The standard InChI is InChI=1S/C11H22N2/c1-10-7-11(2)9-13(8-10)6-5-12(3)4/h7,10H,5-6,8-9H2,1-4H3. The van der Waals surface area contributed by atoms with Gasteiger partial charge in [0.2, 0.25) is 0 Å². The molecule has 0 bridgehead atoms. The molecule has 13 heavy (non-hydrogen) atoms. The molecule has 0 aromatic rings. The number of hydrogen-bond acceptors (Lipinski definition) is 2. The van der Waals surface area contributed by atoms with Crippen molar-refractivity contribution >= 4 is 0 Å². The minimum absolute atomic E-state index is 0.732. The maximum atomic E-state index is 2.54. The molecule has 1 atom stereocenters. The molecule has 1 aliphatic heterocycles. The molecular weight excluding hydrogens is 160 g/mol. The molecular formula is C11H22N2. The van der Waals surface area contributed by atoms with Gasteiger partial charge in [-0.1, -0.05) is 18.6 Å². The van der Waals surface area contributed by atoms with Crippen LogP contribution in [0.5, 0.6) is 0 Å². The lowest BCUT2D eigenvalue weighted by molar-refractivity contribution is 0.230. The summed E-state index contributed by atoms with van der Waals surface area (Å²) in [6, 6.07) is 0. The van der Waals surface area contributed by atoms with Gasteiger partial charge >= 0.3 is 0 Å². The van der Waals surface area contributed by atoms with E-state index in [9.17, 15) is 0 Å². The second-order valence-electron chi connectivity index (χ2n) is 4.53. The summed E-state index contributed by atoms with van der Waals surface area (Å²) in [5.41, 5.74) is 1.53. The van der Waals surface area contributed by atoms with Gasteiger partial charge in [-0.3, -0.25) is 4.90 Å². The Morgan fingerprint density at radius 1 is 1.54 bits per heavy atom. The van der Waals surface area contributed by atoms with Gasteiger partial charge in [0, 0.05) is 26.2 Å². The molecule has 0 aromatic carbocycles. The average molecular weight is 182 g/mol. The number of rotatable bonds is 3. The Balaban J connectivity index is 2.33. The predicted octanol–water partition coefficient (Wildman–Crippen LogP) is 1.45. The molecule has 1 heterocycles. The van der Waals surface area contributed by atoms with E-state index >= 15 is 0 Å². The molecule has 1 unspecified atom stereocenters. The highest BCUT2D eigenvalue weighted by molar-refractivity contribution is 5.07. The second kappa shape index (κ2) is 4.77. The smallest absolute Gasteiger partial charge is 0.0190 e. The molecule has 0 aliphatic carbocycles. The van der Waals surface area contributed by atoms with Crippen LogP contribution in [0.25, 0.3) is 0 Å². The predicted molar refractivity (Wildman–Crippen MR) is 57.9 cm³/mol. The lowest BCUT2D eigenvalue weighted by Gasteiger charge is -2.30. The van der Waals surface area contributed by atoms with Crippen LogP contribution in [0.2, 0.25) is 0 Å². The Hall–Kier alpha value is -0.340. The van der Waals surface area contributed by atoms with Crippen molar-refractivity contribution in [1.29, 1.82) is 0 Å². The summed E-state index contributed by atoms with van der Waals surface area (Å²) < 4.78 is 0. The zero-order valence-corrected chi connectivity index (χ0v) is 9.38. The Morgan fingerprint density at radius 2 is 2.23 bits per heavy atom. The molecule has 0 saturated carbocycles. The maximum absolute atomic E-state index is 2.54. The van der Waals surface area contributed by atoms with E-state index in [1.165, 1.54) is 25.2 Å². The van der Waals surface area contributed by atoms with Gasteiger partial charge in [0.1, 0.15) is 0 Å². The molecule has 2 heteroatoms. The van der Waals surface area contributed by atoms with Crippen LogP contribution in [0.4, 0.5) is 0 Å². The lowest BCUT2D eigenvalue weighted by atomic mass is 10.0. The number of hydrogen-bond donors (Lipinski definition) is 0. The SMILES string of the molecule is CC1=CC(C)CN(CCN(C)C)C1. The van der Waals surface area contributed by atoms with Gasteiger partial charge in [-0.25, -0.2) is 0 Å². The van der Waals surface area contributed by atoms with Crippen LogP contribution in [0, 0.1) is 5.92 Å². The van der Waals surface area contributed by atoms with E-state index in [-0.39, 0.29) is 0 Å². The fourth-order valence-electron chi connectivity index (χ4n) is 1.93. The summed E-state index contributed by atoms with van der Waals surface area (Å²) in [7, 11) is 4.27. The van der Waals surface area contributed by atoms with Crippen molar-refractivity contribution in [1.82, 2.24) is 9.80 Å². The summed E-state index contributed by atoms with van der Waals surface area (Å²) in [6.45, 7) is 9.29. The summed E-state index contributed by atoms with van der Waals surface area (Å²) in [6.07, 6.45) is 2.40. The summed E-state index contributed by atoms with van der Waals surface area (Å²) in [5, 5.41) is 0. The van der Waals surface area contributed by atoms with Gasteiger partial charge in [-0.2, -0.15) is 0 Å². The molecule has 0 amide bonds. The fourth-order valence-corrected chi connectivity index (χ4v) is 1.93. The van der Waals surface area contributed by atoms with Crippen LogP contribution < -0.4 is 0 Å². The molecule has 76 valence electrons. The Morgan fingerprint density at radius 3 is 2.77 bits per heavy atom. The Labute approximate surface area is 82.2 Å². The third kappa shape index (κ3) is 3.92. The van der Waals surface area contributed by atoms with Gasteiger partial charge in [-0.15, -0.1) is 0 Å². The Kier molecular flexibility index (Phi) is 3.94. The third-order valence-electron chi connectivity index (χ3n) is 2.45. The first-order valence-corrected chi connectivity index (χ1v) is 5.12. The minimum Gasteiger partial charge on any atom is -0.308 e. The van der Waals surface area contributed by atoms with Crippen molar-refractivity contribution in [3.63, 3.8) is 0 Å². The van der Waals surface area contributed by atoms with Gasteiger partial charge in [-0.05, 0) is 26.9 Å². The van der Waals surface area contributed by atoms with Crippen LogP contribution in [-0.2, 0) is 0 Å². The molecule has 0 aromatic heterocycles. The van der Waals surface area contributed by atoms with Gasteiger partial charge in [0.05, 0.1) is 0 Å². The van der Waals surface area contributed by atoms with Crippen LogP contribution in [-0.4, -0.2) is 50.1 Å². The van der Waals surface area contributed by atoms with Crippen LogP contribution in [0.3, 0.4) is 0 Å². The van der Waals surface area contributed by atoms with Gasteiger partial charge in [0.25, 0.3) is 0 Å². The topological polar surface area (TPSA) is 6.48 Å². The van der Waals surface area contributed by atoms with E-state index in [1.807, 2.05) is 0 Å². The third-order valence-corrected chi connectivity index (χ3v) is 2.45. The highest BCUT2D eigenvalue weighted by Gasteiger charge is 2.14. The highest BCUT2D eigenvalue weighted by atomic mass is 15.2. The maximum Gasteiger partial charge on any atom is 0.0190 e. The molecule has 1 rings (SSSR count). The van der Waals surface area contributed by atoms with Crippen molar-refractivity contribution in [3.05, 3.63) is 11.6 Å². The van der Waals surface area contributed by atoms with E-state index in [0.717, 1.165) is 12.5 Å². The van der Waals surface area contributed by atoms with Crippen LogP contribution >= 0.6 is 0 Å². The van der Waals surface area contributed by atoms with Crippen molar-refractivity contribution in [2.75, 3.05) is 40.3 Å². The van der Waals surface area contributed by atoms with Gasteiger partial charge < -0.3 is 4.90 Å². The second-order valence-corrected chi connectivity index (χ2v) is 4.53. The monoisotopic (exact) mass is 182 g/mol. The molecule has 0 fully saturated rings. The lowest BCUT2D eigenvalue weighted by Crippen LogP contribution is -2.38. The Bertz CT molecular complexity index is 185. The summed E-state index contributed by atoms with van der Waals surface area (Å²) >= 11 is 0. The van der Waals surface area contributed by atoms with E-state index in [2.05, 4.69) is 43.8 Å². The molecule has 2 nitrogen and oxygen atoms in total. The zero-order valence-electron chi connectivity index (χ0n) is 9.38. The largest absolute Gasteiger partial charge is 0.308 e. The first-order valence-electron chi connectivity index (χ1n) is 5.12. The van der Waals surface area contributed by atoms with E-state index < -0.39 is 0 Å². The van der Waals surface area contributed by atoms with Crippen molar-refractivity contribution < 1.29 is 0 Å². The van der Waals surface area contributed by atoms with Crippen molar-refractivity contribution in [2.45, 2.75) is 13.8 Å². The summed E-state index contributed by atoms with van der Waals surface area (Å²) in [4.78, 5) is 4.79. The fraction of sp³-hybridized carbons (Fsp3) is 0.818. The van der Waals surface area contributed by atoms with E-state index in [1.54, 1.807) is 0 Å². The molecule has 0 radical (unpaired) electrons. The quantitative estimate of drug-likeness (QED) is 0.610. The first-order chi connectivity index (χ1) is 6.08. The normalized spacial score (nSPS) is 25.0. The van der Waals surface area contributed by atoms with E-state index in [0.29, 0.717) is 0 Å². The van der Waals surface area contributed by atoms with Gasteiger partial charge in [0.15, 0.2) is 0 Å². The van der Waals surface area contributed by atoms with E-state index in [4.69, 9.17) is 0 Å². The number of likely N-dealkylation sites (N-methyl/N-ethyl adjacent to an activating group) is 1. The molecule has 0 saturated heterocycles. The van der Waals surface area contributed by atoms with Crippen molar-refractivity contribution in [3.8, 4) is 0 Å². The minimum atomic E-state index is 0.732. The van der Waals surface area contributed by atoms with Crippen LogP contribution in [0.15, 0.2) is 11.6 Å². The van der Waals surface area contributed by atoms with Crippen molar-refractivity contribution in [2.24, 2.45) is 5.92 Å². The summed E-state index contributed by atoms with van der Waals surface area (Å²) in [5.74, 6) is 0.732. The number of nitrogens with zero attached hydrogens (tertiary/aromatic N) is 2. The zero-order chi connectivity index (χ0) is 9.84. The highest BCUT2D eigenvalue weighted by Crippen LogP contribution is 2.13. The average Bonchev–Trinajstić information content (AvgIpc) is 1.99. The van der Waals surface area contributed by atoms with Crippen LogP contribution in [0.1, 0.15) is 13.8 Å². The molecule has 1 aliphatic rings.